The molecule has 2 saturated carbocycles. The van der Waals surface area contributed by atoms with Crippen molar-refractivity contribution in [1.82, 2.24) is 5.32 Å². The van der Waals surface area contributed by atoms with E-state index in [0.29, 0.717) is 11.8 Å². The number of rotatable bonds is 2. The number of nitrogens with one attached hydrogen (secondary N) is 1. The summed E-state index contributed by atoms with van der Waals surface area (Å²) in [6.45, 7) is 2.79. The molecule has 3 unspecified atom stereocenters. The van der Waals surface area contributed by atoms with Gasteiger partial charge in [-0.25, -0.2) is 0 Å². The Balaban J connectivity index is 1.87. The highest BCUT2D eigenvalue weighted by Gasteiger charge is 2.34. The minimum Gasteiger partial charge on any atom is -0.356 e. The number of fused-ring (bicyclic) bond motifs is 1. The van der Waals surface area contributed by atoms with Crippen molar-refractivity contribution >= 4 is 5.91 Å². The van der Waals surface area contributed by atoms with E-state index in [2.05, 4.69) is 5.32 Å². The zero-order valence-electron chi connectivity index (χ0n) is 9.80. The predicted molar refractivity (Wildman–Crippen MR) is 61.5 cm³/mol. The zero-order valence-corrected chi connectivity index (χ0v) is 9.80. The summed E-state index contributed by atoms with van der Waals surface area (Å²) < 4.78 is 0. The van der Waals surface area contributed by atoms with E-state index < -0.39 is 0 Å². The minimum atomic E-state index is 0.307. The van der Waals surface area contributed by atoms with Gasteiger partial charge in [0.15, 0.2) is 0 Å². The largest absolute Gasteiger partial charge is 0.356 e. The summed E-state index contributed by atoms with van der Waals surface area (Å²) in [7, 11) is 0. The van der Waals surface area contributed by atoms with Gasteiger partial charge >= 0.3 is 0 Å². The maximum atomic E-state index is 11.8. The summed E-state index contributed by atoms with van der Waals surface area (Å²) in [5.74, 6) is 2.44. The molecule has 3 atom stereocenters. The molecule has 0 heterocycles. The lowest BCUT2D eigenvalue weighted by atomic mass is 9.67. The van der Waals surface area contributed by atoms with Crippen molar-refractivity contribution in [3.63, 3.8) is 0 Å². The fourth-order valence-corrected chi connectivity index (χ4v) is 3.43. The predicted octanol–water partition coefficient (Wildman–Crippen LogP) is 2.73. The van der Waals surface area contributed by atoms with Crippen LogP contribution in [-0.4, -0.2) is 12.5 Å². The number of amides is 1. The SMILES string of the molecule is CCNC(=O)C1CCC2CCCCC2C1. The maximum absolute atomic E-state index is 11.8. The number of hydrogen-bond acceptors (Lipinski definition) is 1. The lowest BCUT2D eigenvalue weighted by molar-refractivity contribution is -0.127. The van der Waals surface area contributed by atoms with E-state index >= 15 is 0 Å². The molecular formula is C13H23NO. The third-order valence-electron chi connectivity index (χ3n) is 4.26. The van der Waals surface area contributed by atoms with Gasteiger partial charge < -0.3 is 5.32 Å². The van der Waals surface area contributed by atoms with E-state index in [1.807, 2.05) is 6.92 Å². The Bertz CT molecular complexity index is 227. The second-order valence-corrected chi connectivity index (χ2v) is 5.21. The van der Waals surface area contributed by atoms with Crippen molar-refractivity contribution in [2.45, 2.75) is 51.9 Å². The van der Waals surface area contributed by atoms with Crippen molar-refractivity contribution in [1.29, 1.82) is 0 Å². The van der Waals surface area contributed by atoms with Gasteiger partial charge in [-0.05, 0) is 38.0 Å². The lowest BCUT2D eigenvalue weighted by Gasteiger charge is -2.38. The average molecular weight is 209 g/mol. The van der Waals surface area contributed by atoms with Gasteiger partial charge in [0.25, 0.3) is 0 Å². The van der Waals surface area contributed by atoms with Crippen molar-refractivity contribution in [3.8, 4) is 0 Å². The van der Waals surface area contributed by atoms with E-state index in [1.54, 1.807) is 0 Å². The normalized spacial score (nSPS) is 35.7. The van der Waals surface area contributed by atoms with Crippen LogP contribution in [0.3, 0.4) is 0 Å². The molecule has 0 aromatic heterocycles. The Morgan fingerprint density at radius 2 is 1.87 bits per heavy atom. The van der Waals surface area contributed by atoms with E-state index in [4.69, 9.17) is 0 Å². The molecule has 2 fully saturated rings. The van der Waals surface area contributed by atoms with Gasteiger partial charge in [-0.1, -0.05) is 25.7 Å². The highest BCUT2D eigenvalue weighted by molar-refractivity contribution is 5.78. The molecule has 2 aliphatic rings. The summed E-state index contributed by atoms with van der Waals surface area (Å²) in [5.41, 5.74) is 0. The van der Waals surface area contributed by atoms with Crippen molar-refractivity contribution in [3.05, 3.63) is 0 Å². The Morgan fingerprint density at radius 3 is 2.60 bits per heavy atom. The van der Waals surface area contributed by atoms with Crippen LogP contribution in [0, 0.1) is 17.8 Å². The topological polar surface area (TPSA) is 29.1 Å². The maximum Gasteiger partial charge on any atom is 0.223 e. The van der Waals surface area contributed by atoms with Crippen LogP contribution in [0.2, 0.25) is 0 Å². The van der Waals surface area contributed by atoms with Gasteiger partial charge in [0.1, 0.15) is 0 Å². The summed E-state index contributed by atoms with van der Waals surface area (Å²) >= 11 is 0. The molecule has 1 N–H and O–H groups in total. The number of carbonyl (C=O) groups excluding carboxylic acids is 1. The van der Waals surface area contributed by atoms with E-state index in [0.717, 1.165) is 31.2 Å². The van der Waals surface area contributed by atoms with Gasteiger partial charge in [-0.2, -0.15) is 0 Å². The summed E-state index contributed by atoms with van der Waals surface area (Å²) in [4.78, 5) is 11.8. The van der Waals surface area contributed by atoms with Crippen molar-refractivity contribution in [2.75, 3.05) is 6.54 Å². The monoisotopic (exact) mass is 209 g/mol. The summed E-state index contributed by atoms with van der Waals surface area (Å²) in [5, 5.41) is 2.97. The first kappa shape index (κ1) is 11.0. The first-order valence-corrected chi connectivity index (χ1v) is 6.59. The number of hydrogen-bond donors (Lipinski definition) is 1. The highest BCUT2D eigenvalue weighted by atomic mass is 16.1. The zero-order chi connectivity index (χ0) is 10.7. The molecule has 0 aromatic rings. The van der Waals surface area contributed by atoms with Crippen LogP contribution in [0.1, 0.15) is 51.9 Å². The van der Waals surface area contributed by atoms with Crippen LogP contribution in [0.25, 0.3) is 0 Å². The third-order valence-corrected chi connectivity index (χ3v) is 4.26. The third kappa shape index (κ3) is 2.53. The van der Waals surface area contributed by atoms with E-state index in [1.165, 1.54) is 32.1 Å². The van der Waals surface area contributed by atoms with Gasteiger partial charge in [0.05, 0.1) is 0 Å². The van der Waals surface area contributed by atoms with Gasteiger partial charge in [-0.3, -0.25) is 4.79 Å². The van der Waals surface area contributed by atoms with Gasteiger partial charge in [0.2, 0.25) is 5.91 Å². The quantitative estimate of drug-likeness (QED) is 0.744. The Morgan fingerprint density at radius 1 is 1.13 bits per heavy atom. The second kappa shape index (κ2) is 5.00. The molecule has 1 amide bonds. The van der Waals surface area contributed by atoms with Crippen LogP contribution < -0.4 is 5.32 Å². The first-order valence-electron chi connectivity index (χ1n) is 6.59. The Kier molecular flexibility index (Phi) is 3.66. The molecule has 2 heteroatoms. The van der Waals surface area contributed by atoms with Gasteiger partial charge in [0, 0.05) is 12.5 Å². The highest BCUT2D eigenvalue weighted by Crippen LogP contribution is 2.42. The molecule has 0 aliphatic heterocycles. The van der Waals surface area contributed by atoms with Crippen LogP contribution in [0.4, 0.5) is 0 Å². The van der Waals surface area contributed by atoms with Crippen LogP contribution >= 0.6 is 0 Å². The van der Waals surface area contributed by atoms with E-state index in [-0.39, 0.29) is 0 Å². The van der Waals surface area contributed by atoms with Gasteiger partial charge in [-0.15, -0.1) is 0 Å². The Labute approximate surface area is 92.8 Å². The Hall–Kier alpha value is -0.530. The molecule has 86 valence electrons. The number of carbonyl (C=O) groups is 1. The average Bonchev–Trinajstić information content (AvgIpc) is 2.29. The second-order valence-electron chi connectivity index (χ2n) is 5.21. The van der Waals surface area contributed by atoms with Crippen LogP contribution in [0.15, 0.2) is 0 Å². The molecular weight excluding hydrogens is 186 g/mol. The van der Waals surface area contributed by atoms with Crippen LogP contribution in [0.5, 0.6) is 0 Å². The van der Waals surface area contributed by atoms with E-state index in [9.17, 15) is 4.79 Å². The fraction of sp³-hybridized carbons (Fsp3) is 0.923. The standard InChI is InChI=1S/C13H23NO/c1-2-14-13(15)12-8-7-10-5-3-4-6-11(10)9-12/h10-12H,2-9H2,1H3,(H,14,15). The molecule has 15 heavy (non-hydrogen) atoms. The minimum absolute atomic E-state index is 0.307. The molecule has 0 bridgehead atoms. The van der Waals surface area contributed by atoms with Crippen molar-refractivity contribution in [2.24, 2.45) is 17.8 Å². The smallest absolute Gasteiger partial charge is 0.223 e. The van der Waals surface area contributed by atoms with Crippen LogP contribution in [-0.2, 0) is 4.79 Å². The molecule has 0 aromatic carbocycles. The van der Waals surface area contributed by atoms with Crippen molar-refractivity contribution < 1.29 is 4.79 Å². The molecule has 0 spiro atoms. The molecule has 2 nitrogen and oxygen atoms in total. The lowest BCUT2D eigenvalue weighted by Crippen LogP contribution is -2.37. The summed E-state index contributed by atoms with van der Waals surface area (Å²) in [6.07, 6.45) is 9.21. The fourth-order valence-electron chi connectivity index (χ4n) is 3.43. The summed E-state index contributed by atoms with van der Waals surface area (Å²) in [6, 6.07) is 0. The molecule has 0 radical (unpaired) electrons. The molecule has 2 rings (SSSR count). The first-order chi connectivity index (χ1) is 7.31. The molecule has 0 saturated heterocycles. The molecule has 2 aliphatic carbocycles.